The molecule has 1 aromatic heterocycles. The molecule has 0 saturated heterocycles. The van der Waals surface area contributed by atoms with Crippen LogP contribution in [0.4, 0.5) is 0 Å². The molecule has 0 atom stereocenters. The predicted octanol–water partition coefficient (Wildman–Crippen LogP) is 1.78. The Hall–Kier alpha value is -1.20. The van der Waals surface area contributed by atoms with E-state index in [9.17, 15) is 0 Å². The molecule has 1 N–H and O–H groups in total. The Kier molecular flexibility index (Phi) is 6.01. The van der Waals surface area contributed by atoms with Gasteiger partial charge < -0.3 is 14.8 Å². The van der Waals surface area contributed by atoms with Gasteiger partial charge in [0.2, 0.25) is 5.88 Å². The zero-order valence-corrected chi connectivity index (χ0v) is 11.7. The Morgan fingerprint density at radius 3 is 2.61 bits per heavy atom. The molecule has 0 aliphatic carbocycles. The number of ether oxygens (including phenoxy) is 2. The maximum atomic E-state index is 5.53. The van der Waals surface area contributed by atoms with Gasteiger partial charge in [0.15, 0.2) is 0 Å². The molecule has 0 spiro atoms. The van der Waals surface area contributed by atoms with E-state index in [1.54, 1.807) is 19.5 Å². The van der Waals surface area contributed by atoms with E-state index in [0.717, 1.165) is 25.2 Å². The van der Waals surface area contributed by atoms with Gasteiger partial charge in [0.05, 0.1) is 30.3 Å². The fourth-order valence-electron chi connectivity index (χ4n) is 1.27. The van der Waals surface area contributed by atoms with Crippen molar-refractivity contribution in [3.63, 3.8) is 0 Å². The van der Waals surface area contributed by atoms with Gasteiger partial charge in [-0.1, -0.05) is 6.92 Å². The van der Waals surface area contributed by atoms with Crippen LogP contribution in [0.25, 0.3) is 0 Å². The highest BCUT2D eigenvalue weighted by Gasteiger charge is 2.16. The quantitative estimate of drug-likeness (QED) is 0.765. The predicted molar refractivity (Wildman–Crippen MR) is 70.6 cm³/mol. The molecule has 0 radical (unpaired) electrons. The summed E-state index contributed by atoms with van der Waals surface area (Å²) in [4.78, 5) is 8.48. The van der Waals surface area contributed by atoms with Gasteiger partial charge in [-0.15, -0.1) is 0 Å². The van der Waals surface area contributed by atoms with Crippen LogP contribution in [0.15, 0.2) is 12.4 Å². The highest BCUT2D eigenvalue weighted by molar-refractivity contribution is 5.07. The molecule has 1 rings (SSSR count). The molecule has 5 nitrogen and oxygen atoms in total. The van der Waals surface area contributed by atoms with E-state index >= 15 is 0 Å². The van der Waals surface area contributed by atoms with Gasteiger partial charge in [-0.3, -0.25) is 4.98 Å². The first-order valence-electron chi connectivity index (χ1n) is 6.27. The van der Waals surface area contributed by atoms with Crippen molar-refractivity contribution in [1.29, 1.82) is 0 Å². The first-order chi connectivity index (χ1) is 8.57. The Bertz CT molecular complexity index is 339. The van der Waals surface area contributed by atoms with Gasteiger partial charge >= 0.3 is 0 Å². The molecule has 0 bridgehead atoms. The van der Waals surface area contributed by atoms with Gasteiger partial charge in [0.25, 0.3) is 0 Å². The molecule has 18 heavy (non-hydrogen) atoms. The first kappa shape index (κ1) is 14.9. The highest BCUT2D eigenvalue weighted by atomic mass is 16.5. The monoisotopic (exact) mass is 253 g/mol. The molecule has 0 amide bonds. The van der Waals surface area contributed by atoms with E-state index in [-0.39, 0.29) is 5.60 Å². The maximum Gasteiger partial charge on any atom is 0.232 e. The standard InChI is InChI=1S/C13H23N3O2/c1-5-14-8-11-9-16-12(10-15-11)18-7-6-13(2,3)17-4/h9-10,14H,5-8H2,1-4H3. The Labute approximate surface area is 109 Å². The molecular formula is C13H23N3O2. The third-order valence-electron chi connectivity index (χ3n) is 2.74. The summed E-state index contributed by atoms with van der Waals surface area (Å²) in [5.41, 5.74) is 0.750. The number of aromatic nitrogens is 2. The van der Waals surface area contributed by atoms with E-state index in [2.05, 4.69) is 22.2 Å². The minimum absolute atomic E-state index is 0.168. The number of nitrogens with one attached hydrogen (secondary N) is 1. The normalized spacial score (nSPS) is 11.6. The van der Waals surface area contributed by atoms with E-state index in [1.807, 2.05) is 13.8 Å². The van der Waals surface area contributed by atoms with Crippen LogP contribution < -0.4 is 10.1 Å². The van der Waals surface area contributed by atoms with Gasteiger partial charge in [0, 0.05) is 20.1 Å². The molecule has 0 fully saturated rings. The second-order valence-electron chi connectivity index (χ2n) is 4.69. The summed E-state index contributed by atoms with van der Waals surface area (Å²) in [6.07, 6.45) is 4.20. The number of nitrogens with zero attached hydrogens (tertiary/aromatic N) is 2. The molecular weight excluding hydrogens is 230 g/mol. The number of hydrogen-bond acceptors (Lipinski definition) is 5. The van der Waals surface area contributed by atoms with Crippen molar-refractivity contribution < 1.29 is 9.47 Å². The lowest BCUT2D eigenvalue weighted by molar-refractivity contribution is 0.00504. The van der Waals surface area contributed by atoms with Crippen molar-refractivity contribution in [2.45, 2.75) is 39.3 Å². The second kappa shape index (κ2) is 7.28. The molecule has 1 heterocycles. The summed E-state index contributed by atoms with van der Waals surface area (Å²) in [5, 5.41) is 3.19. The molecule has 5 heteroatoms. The minimum atomic E-state index is -0.168. The van der Waals surface area contributed by atoms with Crippen molar-refractivity contribution in [2.24, 2.45) is 0 Å². The van der Waals surface area contributed by atoms with Crippen molar-refractivity contribution >= 4 is 0 Å². The fourth-order valence-corrected chi connectivity index (χ4v) is 1.27. The van der Waals surface area contributed by atoms with Crippen LogP contribution in [0.3, 0.4) is 0 Å². The topological polar surface area (TPSA) is 56.3 Å². The summed E-state index contributed by atoms with van der Waals surface area (Å²) in [7, 11) is 1.70. The van der Waals surface area contributed by atoms with Gasteiger partial charge in [-0.05, 0) is 20.4 Å². The zero-order valence-electron chi connectivity index (χ0n) is 11.7. The second-order valence-corrected chi connectivity index (χ2v) is 4.69. The van der Waals surface area contributed by atoms with Crippen LogP contribution in [-0.4, -0.2) is 35.8 Å². The number of rotatable bonds is 8. The smallest absolute Gasteiger partial charge is 0.232 e. The maximum absolute atomic E-state index is 5.53. The number of hydrogen-bond donors (Lipinski definition) is 1. The molecule has 1 aromatic rings. The summed E-state index contributed by atoms with van der Waals surface area (Å²) in [5.74, 6) is 0.558. The Morgan fingerprint density at radius 1 is 1.28 bits per heavy atom. The SMILES string of the molecule is CCNCc1cnc(OCCC(C)(C)OC)cn1. The van der Waals surface area contributed by atoms with Crippen LogP contribution in [0.1, 0.15) is 32.9 Å². The first-order valence-corrected chi connectivity index (χ1v) is 6.27. The largest absolute Gasteiger partial charge is 0.476 e. The van der Waals surface area contributed by atoms with Crippen LogP contribution in [0, 0.1) is 0 Å². The van der Waals surface area contributed by atoms with Crippen molar-refractivity contribution in [3.05, 3.63) is 18.1 Å². The molecule has 0 saturated carbocycles. The molecule has 0 aliphatic heterocycles. The van der Waals surface area contributed by atoms with Crippen molar-refractivity contribution in [3.8, 4) is 5.88 Å². The van der Waals surface area contributed by atoms with Crippen LogP contribution >= 0.6 is 0 Å². The molecule has 0 aliphatic rings. The van der Waals surface area contributed by atoms with E-state index < -0.39 is 0 Å². The summed E-state index contributed by atoms with van der Waals surface area (Å²) >= 11 is 0. The molecule has 102 valence electrons. The van der Waals surface area contributed by atoms with Gasteiger partial charge in [-0.2, -0.15) is 0 Å². The van der Waals surface area contributed by atoms with E-state index in [1.165, 1.54) is 0 Å². The lowest BCUT2D eigenvalue weighted by atomic mass is 10.1. The Balaban J connectivity index is 2.35. The minimum Gasteiger partial charge on any atom is -0.476 e. The summed E-state index contributed by atoms with van der Waals surface area (Å²) < 4.78 is 10.8. The fraction of sp³-hybridized carbons (Fsp3) is 0.692. The van der Waals surface area contributed by atoms with Gasteiger partial charge in [0.1, 0.15) is 0 Å². The zero-order chi connectivity index (χ0) is 13.4. The average molecular weight is 253 g/mol. The Morgan fingerprint density at radius 2 is 2.06 bits per heavy atom. The highest BCUT2D eigenvalue weighted by Crippen LogP contribution is 2.13. The molecule has 0 unspecified atom stereocenters. The lowest BCUT2D eigenvalue weighted by Crippen LogP contribution is -2.25. The van der Waals surface area contributed by atoms with E-state index in [4.69, 9.17) is 9.47 Å². The lowest BCUT2D eigenvalue weighted by Gasteiger charge is -2.22. The van der Waals surface area contributed by atoms with Crippen molar-refractivity contribution in [1.82, 2.24) is 15.3 Å². The molecule has 0 aromatic carbocycles. The van der Waals surface area contributed by atoms with E-state index in [0.29, 0.717) is 12.5 Å². The van der Waals surface area contributed by atoms with Crippen LogP contribution in [0.5, 0.6) is 5.88 Å². The third kappa shape index (κ3) is 5.42. The third-order valence-corrected chi connectivity index (χ3v) is 2.74. The van der Waals surface area contributed by atoms with Gasteiger partial charge in [-0.25, -0.2) is 4.98 Å². The van der Waals surface area contributed by atoms with Crippen molar-refractivity contribution in [2.75, 3.05) is 20.3 Å². The summed E-state index contributed by atoms with van der Waals surface area (Å²) in [6, 6.07) is 0. The summed E-state index contributed by atoms with van der Waals surface area (Å²) in [6.45, 7) is 8.35. The van der Waals surface area contributed by atoms with Crippen LogP contribution in [-0.2, 0) is 11.3 Å². The number of methoxy groups -OCH3 is 1. The van der Waals surface area contributed by atoms with Crippen LogP contribution in [0.2, 0.25) is 0 Å². The average Bonchev–Trinajstić information content (AvgIpc) is 2.38.